The molecular formula is C17H17N3O3S. The van der Waals surface area contributed by atoms with Gasteiger partial charge in [-0.25, -0.2) is 4.98 Å². The second kappa shape index (κ2) is 6.45. The lowest BCUT2D eigenvalue weighted by atomic mass is 10.0. The number of nitrogens with two attached hydrogens (primary N) is 1. The first-order chi connectivity index (χ1) is 11.5. The second-order valence-corrected chi connectivity index (χ2v) is 6.52. The first kappa shape index (κ1) is 16.2. The van der Waals surface area contributed by atoms with E-state index in [-0.39, 0.29) is 12.1 Å². The lowest BCUT2D eigenvalue weighted by Gasteiger charge is -2.06. The molecule has 0 unspecified atom stereocenters. The average Bonchev–Trinajstić information content (AvgIpc) is 2.88. The highest BCUT2D eigenvalue weighted by atomic mass is 32.1. The van der Waals surface area contributed by atoms with E-state index >= 15 is 0 Å². The molecule has 0 radical (unpaired) electrons. The smallest absolute Gasteiger partial charge is 0.263 e. The van der Waals surface area contributed by atoms with Crippen molar-refractivity contribution in [2.45, 2.75) is 20.4 Å². The molecule has 3 rings (SSSR count). The highest BCUT2D eigenvalue weighted by Gasteiger charge is 2.17. The molecule has 0 aliphatic carbocycles. The van der Waals surface area contributed by atoms with Gasteiger partial charge < -0.3 is 10.5 Å². The number of hydrogen-bond donors (Lipinski definition) is 1. The van der Waals surface area contributed by atoms with Crippen molar-refractivity contribution in [3.8, 4) is 16.9 Å². The summed E-state index contributed by atoms with van der Waals surface area (Å²) in [5.41, 5.74) is 6.70. The summed E-state index contributed by atoms with van der Waals surface area (Å²) in [4.78, 5) is 29.8. The normalized spacial score (nSPS) is 10.9. The van der Waals surface area contributed by atoms with E-state index in [2.05, 4.69) is 4.98 Å². The maximum atomic E-state index is 12.7. The fraction of sp³-hybridized carbons (Fsp3) is 0.235. The predicted octanol–water partition coefficient (Wildman–Crippen LogP) is 2.32. The van der Waals surface area contributed by atoms with Crippen molar-refractivity contribution in [1.29, 1.82) is 0 Å². The Morgan fingerprint density at radius 2 is 2.04 bits per heavy atom. The van der Waals surface area contributed by atoms with Crippen molar-refractivity contribution in [2.75, 3.05) is 6.61 Å². The van der Waals surface area contributed by atoms with Gasteiger partial charge in [0.2, 0.25) is 5.91 Å². The molecule has 0 saturated heterocycles. The van der Waals surface area contributed by atoms with Gasteiger partial charge in [-0.1, -0.05) is 12.1 Å². The number of aryl methyl sites for hydroxylation is 1. The molecule has 0 saturated carbocycles. The van der Waals surface area contributed by atoms with Crippen LogP contribution in [0.4, 0.5) is 0 Å². The van der Waals surface area contributed by atoms with E-state index in [0.717, 1.165) is 21.8 Å². The molecule has 0 aliphatic rings. The van der Waals surface area contributed by atoms with Gasteiger partial charge in [-0.3, -0.25) is 14.2 Å². The minimum atomic E-state index is -0.576. The van der Waals surface area contributed by atoms with Crippen molar-refractivity contribution >= 4 is 27.5 Å². The van der Waals surface area contributed by atoms with Gasteiger partial charge in [0.05, 0.1) is 18.3 Å². The Labute approximate surface area is 142 Å². The Hall–Kier alpha value is -2.67. The Morgan fingerprint density at radius 3 is 2.67 bits per heavy atom. The van der Waals surface area contributed by atoms with E-state index < -0.39 is 5.91 Å². The zero-order chi connectivity index (χ0) is 17.3. The van der Waals surface area contributed by atoms with Crippen LogP contribution < -0.4 is 16.0 Å². The number of hydrogen-bond acceptors (Lipinski definition) is 5. The van der Waals surface area contributed by atoms with Gasteiger partial charge in [0.25, 0.3) is 5.56 Å². The van der Waals surface area contributed by atoms with Crippen molar-refractivity contribution in [3.05, 3.63) is 45.8 Å². The standard InChI is InChI=1S/C17H17N3O3S/c1-3-23-12-6-4-11(5-7-12)14-10(2)24-16-15(14)17(22)20(9-19-16)8-13(18)21/h4-7,9H,3,8H2,1-2H3,(H2,18,21). The molecule has 2 heterocycles. The van der Waals surface area contributed by atoms with Gasteiger partial charge in [0.15, 0.2) is 0 Å². The van der Waals surface area contributed by atoms with E-state index in [1.165, 1.54) is 22.2 Å². The van der Waals surface area contributed by atoms with Crippen LogP contribution in [0.25, 0.3) is 21.3 Å². The average molecular weight is 343 g/mol. The Kier molecular flexibility index (Phi) is 4.35. The molecular weight excluding hydrogens is 326 g/mol. The van der Waals surface area contributed by atoms with Crippen LogP contribution in [0.15, 0.2) is 35.4 Å². The molecule has 24 heavy (non-hydrogen) atoms. The van der Waals surface area contributed by atoms with Crippen LogP contribution >= 0.6 is 11.3 Å². The molecule has 7 heteroatoms. The second-order valence-electron chi connectivity index (χ2n) is 5.31. The third-order valence-electron chi connectivity index (χ3n) is 3.63. The minimum absolute atomic E-state index is 0.181. The third-order valence-corrected chi connectivity index (χ3v) is 4.65. The number of nitrogens with zero attached hydrogens (tertiary/aromatic N) is 2. The van der Waals surface area contributed by atoms with Crippen molar-refractivity contribution in [3.63, 3.8) is 0 Å². The molecule has 124 valence electrons. The number of ether oxygens (including phenoxy) is 1. The number of aromatic nitrogens is 2. The topological polar surface area (TPSA) is 87.2 Å². The van der Waals surface area contributed by atoms with Gasteiger partial charge in [-0.2, -0.15) is 0 Å². The van der Waals surface area contributed by atoms with E-state index in [0.29, 0.717) is 16.8 Å². The van der Waals surface area contributed by atoms with E-state index in [4.69, 9.17) is 10.5 Å². The molecule has 0 spiro atoms. The molecule has 0 aliphatic heterocycles. The molecule has 1 aromatic carbocycles. The summed E-state index contributed by atoms with van der Waals surface area (Å²) >= 11 is 1.46. The number of amides is 1. The summed E-state index contributed by atoms with van der Waals surface area (Å²) in [7, 11) is 0. The van der Waals surface area contributed by atoms with Crippen LogP contribution in [0, 0.1) is 6.92 Å². The van der Waals surface area contributed by atoms with Crippen LogP contribution in [0.5, 0.6) is 5.75 Å². The zero-order valence-corrected chi connectivity index (χ0v) is 14.2. The molecule has 1 amide bonds. The molecule has 0 fully saturated rings. The number of fused-ring (bicyclic) bond motifs is 1. The maximum absolute atomic E-state index is 12.7. The molecule has 2 aromatic heterocycles. The lowest BCUT2D eigenvalue weighted by Crippen LogP contribution is -2.28. The van der Waals surface area contributed by atoms with Crippen molar-refractivity contribution < 1.29 is 9.53 Å². The third kappa shape index (κ3) is 2.90. The highest BCUT2D eigenvalue weighted by molar-refractivity contribution is 7.19. The van der Waals surface area contributed by atoms with Crippen molar-refractivity contribution in [2.24, 2.45) is 5.73 Å². The Bertz CT molecular complexity index is 958. The predicted molar refractivity (Wildman–Crippen MR) is 94.4 cm³/mol. The summed E-state index contributed by atoms with van der Waals surface area (Å²) in [6.07, 6.45) is 1.37. The van der Waals surface area contributed by atoms with Crippen LogP contribution in [-0.4, -0.2) is 22.1 Å². The Morgan fingerprint density at radius 1 is 1.33 bits per heavy atom. The molecule has 0 atom stereocenters. The zero-order valence-electron chi connectivity index (χ0n) is 13.4. The van der Waals surface area contributed by atoms with Crippen LogP contribution in [-0.2, 0) is 11.3 Å². The largest absolute Gasteiger partial charge is 0.494 e. The van der Waals surface area contributed by atoms with E-state index in [1.807, 2.05) is 38.1 Å². The van der Waals surface area contributed by atoms with Gasteiger partial charge in [0, 0.05) is 10.4 Å². The molecule has 6 nitrogen and oxygen atoms in total. The SMILES string of the molecule is CCOc1ccc(-c2c(C)sc3ncn(CC(N)=O)c(=O)c23)cc1. The van der Waals surface area contributed by atoms with E-state index in [9.17, 15) is 9.59 Å². The fourth-order valence-corrected chi connectivity index (χ4v) is 3.65. The number of carbonyl (C=O) groups is 1. The number of benzene rings is 1. The summed E-state index contributed by atoms with van der Waals surface area (Å²) in [5, 5.41) is 0.519. The molecule has 0 bridgehead atoms. The van der Waals surface area contributed by atoms with Gasteiger partial charge >= 0.3 is 0 Å². The molecule has 2 N–H and O–H groups in total. The first-order valence-corrected chi connectivity index (χ1v) is 8.33. The Balaban J connectivity index is 2.18. The summed E-state index contributed by atoms with van der Waals surface area (Å²) in [5.74, 6) is 0.204. The van der Waals surface area contributed by atoms with Gasteiger partial charge in [-0.05, 0) is 31.5 Å². The van der Waals surface area contributed by atoms with Gasteiger partial charge in [0.1, 0.15) is 17.1 Å². The van der Waals surface area contributed by atoms with Gasteiger partial charge in [-0.15, -0.1) is 11.3 Å². The minimum Gasteiger partial charge on any atom is -0.494 e. The van der Waals surface area contributed by atoms with Crippen LogP contribution in [0.3, 0.4) is 0 Å². The lowest BCUT2D eigenvalue weighted by molar-refractivity contribution is -0.118. The highest BCUT2D eigenvalue weighted by Crippen LogP contribution is 2.36. The summed E-state index contributed by atoms with van der Waals surface area (Å²) < 4.78 is 6.70. The quantitative estimate of drug-likeness (QED) is 0.770. The summed E-state index contributed by atoms with van der Waals surface area (Å²) in [6, 6.07) is 7.59. The molecule has 3 aromatic rings. The van der Waals surface area contributed by atoms with Crippen molar-refractivity contribution in [1.82, 2.24) is 9.55 Å². The first-order valence-electron chi connectivity index (χ1n) is 7.51. The monoisotopic (exact) mass is 343 g/mol. The van der Waals surface area contributed by atoms with Crippen LogP contribution in [0.1, 0.15) is 11.8 Å². The number of primary amides is 1. The summed E-state index contributed by atoms with van der Waals surface area (Å²) in [6.45, 7) is 4.30. The number of carbonyl (C=O) groups excluding carboxylic acids is 1. The van der Waals surface area contributed by atoms with E-state index in [1.54, 1.807) is 0 Å². The maximum Gasteiger partial charge on any atom is 0.263 e. The number of rotatable bonds is 5. The van der Waals surface area contributed by atoms with Crippen LogP contribution in [0.2, 0.25) is 0 Å². The fourth-order valence-electron chi connectivity index (χ4n) is 2.65. The number of thiophene rings is 1.